The molecule has 0 bridgehead atoms. The van der Waals surface area contributed by atoms with Gasteiger partial charge in [-0.25, -0.2) is 9.59 Å². The molecule has 0 aliphatic carbocycles. The number of hydrogen-bond acceptors (Lipinski definition) is 8. The summed E-state index contributed by atoms with van der Waals surface area (Å²) < 4.78 is 9.80. The van der Waals surface area contributed by atoms with Gasteiger partial charge in [-0.2, -0.15) is 0 Å². The predicted octanol–water partition coefficient (Wildman–Crippen LogP) is 6.12. The SMILES string of the molecule is COC(=O)c1ccc(N(Cc2ccccc2)c2ccccc2NCc2cccc([N+](=O)[O-])c2)cc1C(=O)OC. The fourth-order valence-corrected chi connectivity index (χ4v) is 4.18. The Hall–Kier alpha value is -5.18. The van der Waals surface area contributed by atoms with Gasteiger partial charge in [0, 0.05) is 30.9 Å². The van der Waals surface area contributed by atoms with Gasteiger partial charge in [0.25, 0.3) is 5.69 Å². The van der Waals surface area contributed by atoms with Crippen molar-refractivity contribution in [2.75, 3.05) is 24.4 Å². The highest BCUT2D eigenvalue weighted by Crippen LogP contribution is 2.35. The first kappa shape index (κ1) is 26.9. The zero-order valence-corrected chi connectivity index (χ0v) is 21.5. The predicted molar refractivity (Wildman–Crippen MR) is 148 cm³/mol. The molecule has 0 aromatic heterocycles. The third-order valence-electron chi connectivity index (χ3n) is 6.11. The summed E-state index contributed by atoms with van der Waals surface area (Å²) in [5.41, 5.74) is 4.20. The maximum Gasteiger partial charge on any atom is 0.338 e. The van der Waals surface area contributed by atoms with E-state index in [-0.39, 0.29) is 16.8 Å². The fourth-order valence-electron chi connectivity index (χ4n) is 4.18. The topological polar surface area (TPSA) is 111 Å². The van der Waals surface area contributed by atoms with Crippen LogP contribution in [0.5, 0.6) is 0 Å². The number of anilines is 3. The smallest absolute Gasteiger partial charge is 0.338 e. The van der Waals surface area contributed by atoms with Crippen LogP contribution in [0.25, 0.3) is 0 Å². The van der Waals surface area contributed by atoms with Crippen molar-refractivity contribution in [1.29, 1.82) is 0 Å². The van der Waals surface area contributed by atoms with Gasteiger partial charge < -0.3 is 19.7 Å². The van der Waals surface area contributed by atoms with E-state index < -0.39 is 16.9 Å². The van der Waals surface area contributed by atoms with Crippen LogP contribution in [-0.2, 0) is 22.6 Å². The minimum absolute atomic E-state index is 0.0225. The van der Waals surface area contributed by atoms with E-state index in [4.69, 9.17) is 9.47 Å². The molecule has 9 nitrogen and oxygen atoms in total. The third-order valence-corrected chi connectivity index (χ3v) is 6.11. The molecular formula is C30H27N3O6. The van der Waals surface area contributed by atoms with Crippen LogP contribution in [0, 0.1) is 10.1 Å². The lowest BCUT2D eigenvalue weighted by atomic mass is 10.0. The number of carbonyl (C=O) groups is 2. The second kappa shape index (κ2) is 12.4. The Morgan fingerprint density at radius 2 is 1.46 bits per heavy atom. The van der Waals surface area contributed by atoms with E-state index in [1.54, 1.807) is 24.3 Å². The number of esters is 2. The second-order valence-corrected chi connectivity index (χ2v) is 8.58. The monoisotopic (exact) mass is 525 g/mol. The number of rotatable bonds is 10. The molecule has 0 atom stereocenters. The van der Waals surface area contributed by atoms with Crippen LogP contribution in [-0.4, -0.2) is 31.1 Å². The number of non-ortho nitro benzene ring substituents is 1. The maximum absolute atomic E-state index is 12.6. The average molecular weight is 526 g/mol. The highest BCUT2D eigenvalue weighted by Gasteiger charge is 2.22. The number of nitro groups is 1. The Morgan fingerprint density at radius 3 is 2.18 bits per heavy atom. The van der Waals surface area contributed by atoms with E-state index in [0.717, 1.165) is 22.5 Å². The zero-order chi connectivity index (χ0) is 27.8. The van der Waals surface area contributed by atoms with E-state index >= 15 is 0 Å². The first-order chi connectivity index (χ1) is 18.9. The molecule has 4 aromatic rings. The first-order valence-electron chi connectivity index (χ1n) is 12.1. The van der Waals surface area contributed by atoms with Crippen molar-refractivity contribution in [2.45, 2.75) is 13.1 Å². The number of benzene rings is 4. The van der Waals surface area contributed by atoms with Gasteiger partial charge in [0.1, 0.15) is 0 Å². The molecule has 0 aliphatic heterocycles. The summed E-state index contributed by atoms with van der Waals surface area (Å²) in [7, 11) is 2.51. The Kier molecular flexibility index (Phi) is 8.53. The van der Waals surface area contributed by atoms with Crippen molar-refractivity contribution >= 4 is 34.7 Å². The minimum Gasteiger partial charge on any atom is -0.465 e. The van der Waals surface area contributed by atoms with Crippen molar-refractivity contribution in [3.8, 4) is 0 Å². The van der Waals surface area contributed by atoms with Gasteiger partial charge in [0.2, 0.25) is 0 Å². The van der Waals surface area contributed by atoms with Crippen LogP contribution < -0.4 is 10.2 Å². The lowest BCUT2D eigenvalue weighted by molar-refractivity contribution is -0.384. The Labute approximate surface area is 225 Å². The van der Waals surface area contributed by atoms with Gasteiger partial charge >= 0.3 is 11.9 Å². The molecule has 1 N–H and O–H groups in total. The molecule has 4 aromatic carbocycles. The average Bonchev–Trinajstić information content (AvgIpc) is 2.98. The van der Waals surface area contributed by atoms with E-state index in [1.165, 1.54) is 26.4 Å². The molecular weight excluding hydrogens is 498 g/mol. The van der Waals surface area contributed by atoms with Gasteiger partial charge in [-0.3, -0.25) is 10.1 Å². The summed E-state index contributed by atoms with van der Waals surface area (Å²) in [4.78, 5) is 37.8. The summed E-state index contributed by atoms with van der Waals surface area (Å²) in [5.74, 6) is -1.30. The van der Waals surface area contributed by atoms with E-state index in [1.807, 2.05) is 65.6 Å². The van der Waals surface area contributed by atoms with Crippen LogP contribution in [0.4, 0.5) is 22.7 Å². The number of carbonyl (C=O) groups excluding carboxylic acids is 2. The number of methoxy groups -OCH3 is 2. The van der Waals surface area contributed by atoms with E-state index in [0.29, 0.717) is 18.8 Å². The molecule has 0 heterocycles. The highest BCUT2D eigenvalue weighted by molar-refractivity contribution is 6.04. The molecule has 198 valence electrons. The summed E-state index contributed by atoms with van der Waals surface area (Å²) in [6.07, 6.45) is 0. The van der Waals surface area contributed by atoms with Crippen LogP contribution in [0.1, 0.15) is 31.8 Å². The quantitative estimate of drug-likeness (QED) is 0.150. The van der Waals surface area contributed by atoms with Crippen molar-refractivity contribution in [1.82, 2.24) is 0 Å². The molecule has 0 aliphatic rings. The zero-order valence-electron chi connectivity index (χ0n) is 21.5. The van der Waals surface area contributed by atoms with Gasteiger partial charge in [0.15, 0.2) is 0 Å². The Balaban J connectivity index is 1.76. The van der Waals surface area contributed by atoms with Crippen molar-refractivity contribution < 1.29 is 24.0 Å². The number of ether oxygens (including phenoxy) is 2. The van der Waals surface area contributed by atoms with Crippen molar-refractivity contribution in [3.05, 3.63) is 129 Å². The van der Waals surface area contributed by atoms with E-state index in [9.17, 15) is 19.7 Å². The largest absolute Gasteiger partial charge is 0.465 e. The summed E-state index contributed by atoms with van der Waals surface area (Å²) in [6.45, 7) is 0.807. The Bertz CT molecular complexity index is 1490. The molecule has 0 saturated heterocycles. The van der Waals surface area contributed by atoms with Crippen LogP contribution in [0.15, 0.2) is 97.1 Å². The first-order valence-corrected chi connectivity index (χ1v) is 12.1. The van der Waals surface area contributed by atoms with Gasteiger partial charge in [-0.1, -0.05) is 54.6 Å². The van der Waals surface area contributed by atoms with Crippen LogP contribution in [0.3, 0.4) is 0 Å². The lowest BCUT2D eigenvalue weighted by Gasteiger charge is -2.28. The number of nitrogens with one attached hydrogen (secondary N) is 1. The molecule has 0 fully saturated rings. The van der Waals surface area contributed by atoms with Gasteiger partial charge in [0.05, 0.1) is 41.6 Å². The Morgan fingerprint density at radius 1 is 0.795 bits per heavy atom. The maximum atomic E-state index is 12.6. The molecule has 4 rings (SSSR count). The van der Waals surface area contributed by atoms with Crippen molar-refractivity contribution in [2.24, 2.45) is 0 Å². The molecule has 0 amide bonds. The van der Waals surface area contributed by atoms with Crippen molar-refractivity contribution in [3.63, 3.8) is 0 Å². The fraction of sp³-hybridized carbons (Fsp3) is 0.133. The molecule has 0 spiro atoms. The number of nitrogens with zero attached hydrogens (tertiary/aromatic N) is 2. The normalized spacial score (nSPS) is 10.4. The standard InChI is InChI=1S/C30H27N3O6/c1-38-29(34)25-16-15-23(18-26(25)30(35)39-2)32(20-21-9-4-3-5-10-21)28-14-7-6-13-27(28)31-19-22-11-8-12-24(17-22)33(36)37/h3-18,31H,19-20H2,1-2H3. The summed E-state index contributed by atoms with van der Waals surface area (Å²) in [6, 6.07) is 28.8. The van der Waals surface area contributed by atoms with Gasteiger partial charge in [-0.05, 0) is 41.5 Å². The lowest BCUT2D eigenvalue weighted by Crippen LogP contribution is -2.20. The highest BCUT2D eigenvalue weighted by atomic mass is 16.6. The van der Waals surface area contributed by atoms with Gasteiger partial charge in [-0.15, -0.1) is 0 Å². The summed E-state index contributed by atoms with van der Waals surface area (Å²) in [5, 5.41) is 14.6. The molecule has 0 saturated carbocycles. The molecule has 9 heteroatoms. The number of nitro benzene ring substituents is 1. The van der Waals surface area contributed by atoms with Crippen LogP contribution in [0.2, 0.25) is 0 Å². The van der Waals surface area contributed by atoms with Crippen LogP contribution >= 0.6 is 0 Å². The number of para-hydroxylation sites is 2. The minimum atomic E-state index is -0.658. The molecule has 0 unspecified atom stereocenters. The molecule has 39 heavy (non-hydrogen) atoms. The molecule has 0 radical (unpaired) electrons. The number of hydrogen-bond donors (Lipinski definition) is 1. The summed E-state index contributed by atoms with van der Waals surface area (Å²) >= 11 is 0. The van der Waals surface area contributed by atoms with E-state index in [2.05, 4.69) is 5.32 Å². The third kappa shape index (κ3) is 6.40. The second-order valence-electron chi connectivity index (χ2n) is 8.58.